The van der Waals surface area contributed by atoms with Crippen LogP contribution in [0.4, 0.5) is 5.69 Å². The monoisotopic (exact) mass is 274 g/mol. The molecule has 1 saturated carbocycles. The van der Waals surface area contributed by atoms with Gasteiger partial charge in [-0.15, -0.1) is 0 Å². The Morgan fingerprint density at radius 3 is 2.30 bits per heavy atom. The molecule has 0 unspecified atom stereocenters. The lowest BCUT2D eigenvalue weighted by atomic mass is 9.70. The van der Waals surface area contributed by atoms with Gasteiger partial charge in [0.25, 0.3) is 0 Å². The molecule has 0 bridgehead atoms. The van der Waals surface area contributed by atoms with Crippen molar-refractivity contribution in [2.75, 3.05) is 11.9 Å². The summed E-state index contributed by atoms with van der Waals surface area (Å²) in [5, 5.41) is 3.08. The number of carbonyl (C=O) groups is 1. The summed E-state index contributed by atoms with van der Waals surface area (Å²) in [5.74, 6) is 0.806. The van der Waals surface area contributed by atoms with E-state index in [9.17, 15) is 4.79 Å². The van der Waals surface area contributed by atoms with Crippen LogP contribution in [0.15, 0.2) is 18.2 Å². The minimum Gasteiger partial charge on any atom is -0.329 e. The zero-order valence-corrected chi connectivity index (χ0v) is 12.8. The molecule has 0 atom stereocenters. The van der Waals surface area contributed by atoms with Gasteiger partial charge in [-0.2, -0.15) is 0 Å². The quantitative estimate of drug-likeness (QED) is 0.887. The molecule has 0 heterocycles. The van der Waals surface area contributed by atoms with Crippen LogP contribution < -0.4 is 11.1 Å². The third-order valence-electron chi connectivity index (χ3n) is 4.58. The average Bonchev–Trinajstić information content (AvgIpc) is 2.38. The first-order valence-electron chi connectivity index (χ1n) is 7.55. The Morgan fingerprint density at radius 2 is 1.80 bits per heavy atom. The Kier molecular flexibility index (Phi) is 4.48. The molecule has 1 aromatic rings. The Morgan fingerprint density at radius 1 is 1.25 bits per heavy atom. The molecule has 0 spiro atoms. The molecule has 1 aliphatic rings. The van der Waals surface area contributed by atoms with E-state index < -0.39 is 0 Å². The molecular weight excluding hydrogens is 248 g/mol. The van der Waals surface area contributed by atoms with Gasteiger partial charge in [0.1, 0.15) is 0 Å². The Bertz CT molecular complexity index is 468. The highest BCUT2D eigenvalue weighted by Gasteiger charge is 2.39. The fourth-order valence-corrected chi connectivity index (χ4v) is 3.15. The lowest BCUT2D eigenvalue weighted by molar-refractivity contribution is -0.127. The highest BCUT2D eigenvalue weighted by atomic mass is 16.2. The van der Waals surface area contributed by atoms with Gasteiger partial charge in [0.2, 0.25) is 5.91 Å². The van der Waals surface area contributed by atoms with Crippen LogP contribution in [0, 0.1) is 25.2 Å². The number of nitrogens with two attached hydrogens (primary N) is 1. The van der Waals surface area contributed by atoms with E-state index in [1.54, 1.807) is 0 Å². The van der Waals surface area contributed by atoms with Crippen LogP contribution in [0.5, 0.6) is 0 Å². The molecule has 3 heteroatoms. The van der Waals surface area contributed by atoms with Gasteiger partial charge in [0, 0.05) is 12.2 Å². The molecule has 1 amide bonds. The minimum absolute atomic E-state index is 0.0944. The number of hydrogen-bond acceptors (Lipinski definition) is 2. The largest absolute Gasteiger partial charge is 0.329 e. The lowest BCUT2D eigenvalue weighted by Gasteiger charge is -2.37. The van der Waals surface area contributed by atoms with E-state index in [2.05, 4.69) is 18.3 Å². The standard InChI is InChI=1S/C17H26N2O/c1-12-4-6-17(11-18,7-5-12)16(20)19-15-9-13(2)8-14(3)10-15/h8-10,12H,4-7,11,18H2,1-3H3,(H,19,20). The maximum absolute atomic E-state index is 12.7. The highest BCUT2D eigenvalue weighted by Crippen LogP contribution is 2.39. The molecule has 3 nitrogen and oxygen atoms in total. The zero-order valence-electron chi connectivity index (χ0n) is 12.8. The Labute approximate surface area is 121 Å². The van der Waals surface area contributed by atoms with Crippen molar-refractivity contribution in [1.29, 1.82) is 0 Å². The number of rotatable bonds is 3. The normalized spacial score (nSPS) is 26.3. The molecule has 0 aliphatic heterocycles. The average molecular weight is 274 g/mol. The van der Waals surface area contributed by atoms with Gasteiger partial charge in [-0.3, -0.25) is 4.79 Å². The number of amides is 1. The van der Waals surface area contributed by atoms with Crippen LogP contribution in [0.3, 0.4) is 0 Å². The van der Waals surface area contributed by atoms with Gasteiger partial charge in [0.05, 0.1) is 5.41 Å². The third kappa shape index (κ3) is 3.21. The van der Waals surface area contributed by atoms with Crippen LogP contribution in [0.25, 0.3) is 0 Å². The smallest absolute Gasteiger partial charge is 0.231 e. The number of carbonyl (C=O) groups excluding carboxylic acids is 1. The van der Waals surface area contributed by atoms with E-state index >= 15 is 0 Å². The molecule has 1 fully saturated rings. The van der Waals surface area contributed by atoms with E-state index in [1.165, 1.54) is 11.1 Å². The molecular formula is C17H26N2O. The predicted octanol–water partition coefficient (Wildman–Crippen LogP) is 3.40. The van der Waals surface area contributed by atoms with Crippen LogP contribution in [0.2, 0.25) is 0 Å². The zero-order chi connectivity index (χ0) is 14.8. The summed E-state index contributed by atoms with van der Waals surface area (Å²) in [5.41, 5.74) is 8.79. The van der Waals surface area contributed by atoms with Crippen LogP contribution in [0.1, 0.15) is 43.7 Å². The molecule has 0 radical (unpaired) electrons. The van der Waals surface area contributed by atoms with E-state index in [-0.39, 0.29) is 11.3 Å². The van der Waals surface area contributed by atoms with Crippen molar-refractivity contribution in [3.63, 3.8) is 0 Å². The first-order valence-corrected chi connectivity index (χ1v) is 7.55. The van der Waals surface area contributed by atoms with Gasteiger partial charge in [-0.25, -0.2) is 0 Å². The van der Waals surface area contributed by atoms with Crippen molar-refractivity contribution in [2.24, 2.45) is 17.1 Å². The van der Waals surface area contributed by atoms with Crippen LogP contribution in [-0.4, -0.2) is 12.5 Å². The summed E-state index contributed by atoms with van der Waals surface area (Å²) < 4.78 is 0. The van der Waals surface area contributed by atoms with Crippen LogP contribution >= 0.6 is 0 Å². The van der Waals surface area contributed by atoms with Crippen LogP contribution in [-0.2, 0) is 4.79 Å². The van der Waals surface area contributed by atoms with Crippen molar-refractivity contribution in [2.45, 2.75) is 46.5 Å². The van der Waals surface area contributed by atoms with Crippen molar-refractivity contribution in [1.82, 2.24) is 0 Å². The van der Waals surface area contributed by atoms with Gasteiger partial charge in [0.15, 0.2) is 0 Å². The first-order chi connectivity index (χ1) is 9.45. The topological polar surface area (TPSA) is 55.1 Å². The number of nitrogens with one attached hydrogen (secondary N) is 1. The summed E-state index contributed by atoms with van der Waals surface area (Å²) in [4.78, 5) is 12.7. The molecule has 1 aromatic carbocycles. The number of hydrogen-bond donors (Lipinski definition) is 2. The molecule has 0 aromatic heterocycles. The number of aryl methyl sites for hydroxylation is 2. The van der Waals surface area contributed by atoms with E-state index in [4.69, 9.17) is 5.73 Å². The second-order valence-electron chi connectivity index (χ2n) is 6.50. The summed E-state index contributed by atoms with van der Waals surface area (Å²) in [6.45, 7) is 6.78. The molecule has 0 saturated heterocycles. The summed E-state index contributed by atoms with van der Waals surface area (Å²) in [7, 11) is 0. The van der Waals surface area contributed by atoms with Gasteiger partial charge in [-0.05, 0) is 68.7 Å². The maximum Gasteiger partial charge on any atom is 0.231 e. The van der Waals surface area contributed by atoms with Gasteiger partial charge >= 0.3 is 0 Å². The number of benzene rings is 1. The summed E-state index contributed by atoms with van der Waals surface area (Å²) >= 11 is 0. The molecule has 110 valence electrons. The second kappa shape index (κ2) is 5.96. The minimum atomic E-state index is -0.371. The summed E-state index contributed by atoms with van der Waals surface area (Å²) in [6, 6.07) is 6.14. The fourth-order valence-electron chi connectivity index (χ4n) is 3.15. The fraction of sp³-hybridized carbons (Fsp3) is 0.588. The molecule has 2 rings (SSSR count). The van der Waals surface area contributed by atoms with Crippen molar-refractivity contribution in [3.05, 3.63) is 29.3 Å². The van der Waals surface area contributed by atoms with Gasteiger partial charge < -0.3 is 11.1 Å². The van der Waals surface area contributed by atoms with Crippen molar-refractivity contribution < 1.29 is 4.79 Å². The Balaban J connectivity index is 2.13. The molecule has 20 heavy (non-hydrogen) atoms. The van der Waals surface area contributed by atoms with Gasteiger partial charge in [-0.1, -0.05) is 13.0 Å². The van der Waals surface area contributed by atoms with E-state index in [0.29, 0.717) is 12.5 Å². The maximum atomic E-state index is 12.7. The molecule has 3 N–H and O–H groups in total. The SMILES string of the molecule is Cc1cc(C)cc(NC(=O)C2(CN)CCC(C)CC2)c1. The summed E-state index contributed by atoms with van der Waals surface area (Å²) in [6.07, 6.45) is 4.00. The van der Waals surface area contributed by atoms with Crippen molar-refractivity contribution in [3.8, 4) is 0 Å². The van der Waals surface area contributed by atoms with E-state index in [0.717, 1.165) is 31.4 Å². The predicted molar refractivity (Wildman–Crippen MR) is 83.7 cm³/mol. The number of anilines is 1. The first kappa shape index (κ1) is 15.0. The van der Waals surface area contributed by atoms with E-state index in [1.807, 2.05) is 26.0 Å². The molecule has 1 aliphatic carbocycles. The highest BCUT2D eigenvalue weighted by molar-refractivity contribution is 5.95. The second-order valence-corrected chi connectivity index (χ2v) is 6.50. The Hall–Kier alpha value is -1.35. The third-order valence-corrected chi connectivity index (χ3v) is 4.58. The van der Waals surface area contributed by atoms with Crippen molar-refractivity contribution >= 4 is 11.6 Å². The lowest BCUT2D eigenvalue weighted by Crippen LogP contribution is -2.44.